The van der Waals surface area contributed by atoms with Gasteiger partial charge in [-0.3, -0.25) is 4.79 Å². The Balaban J connectivity index is 1.75. The number of rotatable bonds is 2. The summed E-state index contributed by atoms with van der Waals surface area (Å²) in [6, 6.07) is 5.15. The van der Waals surface area contributed by atoms with Crippen molar-refractivity contribution in [2.24, 2.45) is 0 Å². The van der Waals surface area contributed by atoms with Crippen molar-refractivity contribution in [2.45, 2.75) is 38.3 Å². The number of carbonyl (C=O) groups excluding carboxylic acids is 1. The molecule has 1 saturated heterocycles. The lowest BCUT2D eigenvalue weighted by molar-refractivity contribution is -0.135. The Morgan fingerprint density at radius 3 is 2.81 bits per heavy atom. The van der Waals surface area contributed by atoms with Crippen molar-refractivity contribution in [3.63, 3.8) is 0 Å². The molecule has 1 aromatic rings. The number of nitrogens with one attached hydrogen (secondary N) is 1. The number of nitrogens with zero attached hydrogens (tertiary/aromatic N) is 1. The molecule has 5 nitrogen and oxygen atoms in total. The maximum atomic E-state index is 12.5. The van der Waals surface area contributed by atoms with Crippen molar-refractivity contribution >= 4 is 11.9 Å². The van der Waals surface area contributed by atoms with Crippen LogP contribution in [0.2, 0.25) is 0 Å². The molecule has 2 heterocycles. The highest BCUT2D eigenvalue weighted by atomic mass is 16.4. The predicted octanol–water partition coefficient (Wildman–Crippen LogP) is 1.41. The zero-order valence-electron chi connectivity index (χ0n) is 12.0. The summed E-state index contributed by atoms with van der Waals surface area (Å²) >= 11 is 0. The van der Waals surface area contributed by atoms with Gasteiger partial charge in [0, 0.05) is 13.1 Å². The molecule has 112 valence electrons. The summed E-state index contributed by atoms with van der Waals surface area (Å²) in [6.45, 7) is 2.15. The standard InChI is InChI=1S/C16H20N2O3/c19-15(14-3-1-2-7-17-14)18-8-6-11-4-5-12(16(20)21)9-13(11)10-18/h4-5,9,14,17H,1-3,6-8,10H2,(H,20,21)/t14-/m1/s1. The summed E-state index contributed by atoms with van der Waals surface area (Å²) in [5.74, 6) is -0.767. The van der Waals surface area contributed by atoms with Crippen molar-refractivity contribution in [1.82, 2.24) is 10.2 Å². The Bertz CT molecular complexity index is 565. The van der Waals surface area contributed by atoms with E-state index in [1.807, 2.05) is 11.0 Å². The molecule has 1 atom stereocenters. The largest absolute Gasteiger partial charge is 0.478 e. The first-order valence-corrected chi connectivity index (χ1v) is 7.52. The Morgan fingerprint density at radius 2 is 2.10 bits per heavy atom. The monoisotopic (exact) mass is 288 g/mol. The number of carboxylic acids is 1. The number of carbonyl (C=O) groups is 2. The van der Waals surface area contributed by atoms with Crippen molar-refractivity contribution in [1.29, 1.82) is 0 Å². The third-order valence-electron chi connectivity index (χ3n) is 4.39. The highest BCUT2D eigenvalue weighted by molar-refractivity contribution is 5.88. The molecular weight excluding hydrogens is 268 g/mol. The van der Waals surface area contributed by atoms with E-state index in [1.165, 1.54) is 0 Å². The minimum atomic E-state index is -0.921. The first-order chi connectivity index (χ1) is 10.1. The van der Waals surface area contributed by atoms with Gasteiger partial charge < -0.3 is 15.3 Å². The second-order valence-electron chi connectivity index (χ2n) is 5.80. The van der Waals surface area contributed by atoms with Gasteiger partial charge in [-0.2, -0.15) is 0 Å². The van der Waals surface area contributed by atoms with Gasteiger partial charge in [-0.05, 0) is 49.1 Å². The van der Waals surface area contributed by atoms with E-state index in [1.54, 1.807) is 12.1 Å². The first kappa shape index (κ1) is 14.1. The molecule has 2 aliphatic heterocycles. The molecular formula is C16H20N2O3. The van der Waals surface area contributed by atoms with E-state index in [4.69, 9.17) is 5.11 Å². The molecule has 1 fully saturated rings. The fourth-order valence-corrected chi connectivity index (χ4v) is 3.16. The van der Waals surface area contributed by atoms with Crippen LogP contribution in [0.1, 0.15) is 40.7 Å². The average Bonchev–Trinajstić information content (AvgIpc) is 2.54. The summed E-state index contributed by atoms with van der Waals surface area (Å²) < 4.78 is 0. The topological polar surface area (TPSA) is 69.6 Å². The first-order valence-electron chi connectivity index (χ1n) is 7.52. The van der Waals surface area contributed by atoms with Gasteiger partial charge in [0.25, 0.3) is 0 Å². The Hall–Kier alpha value is -1.88. The number of amides is 1. The number of benzene rings is 1. The van der Waals surface area contributed by atoms with E-state index in [0.29, 0.717) is 12.1 Å². The normalized spacial score (nSPS) is 21.7. The molecule has 0 aromatic heterocycles. The fourth-order valence-electron chi connectivity index (χ4n) is 3.16. The number of fused-ring (bicyclic) bond motifs is 1. The summed E-state index contributed by atoms with van der Waals surface area (Å²) in [4.78, 5) is 25.4. The van der Waals surface area contributed by atoms with Crippen LogP contribution in [-0.4, -0.2) is 41.0 Å². The molecule has 21 heavy (non-hydrogen) atoms. The van der Waals surface area contributed by atoms with E-state index >= 15 is 0 Å². The van der Waals surface area contributed by atoms with E-state index in [2.05, 4.69) is 5.32 Å². The molecule has 0 saturated carbocycles. The van der Waals surface area contributed by atoms with E-state index in [9.17, 15) is 9.59 Å². The highest BCUT2D eigenvalue weighted by Crippen LogP contribution is 2.22. The molecule has 0 bridgehead atoms. The van der Waals surface area contributed by atoms with Crippen LogP contribution in [0.25, 0.3) is 0 Å². The molecule has 0 aliphatic carbocycles. The van der Waals surface area contributed by atoms with Crippen molar-refractivity contribution in [3.8, 4) is 0 Å². The van der Waals surface area contributed by atoms with Crippen molar-refractivity contribution in [3.05, 3.63) is 34.9 Å². The Morgan fingerprint density at radius 1 is 1.24 bits per heavy atom. The Labute approximate surface area is 123 Å². The third kappa shape index (κ3) is 2.93. The molecule has 2 aliphatic rings. The molecule has 2 N–H and O–H groups in total. The van der Waals surface area contributed by atoms with Gasteiger partial charge in [-0.25, -0.2) is 4.79 Å². The highest BCUT2D eigenvalue weighted by Gasteiger charge is 2.28. The molecule has 1 amide bonds. The molecule has 0 spiro atoms. The van der Waals surface area contributed by atoms with Crippen LogP contribution >= 0.6 is 0 Å². The zero-order valence-corrected chi connectivity index (χ0v) is 12.0. The van der Waals surface area contributed by atoms with Crippen LogP contribution in [0.3, 0.4) is 0 Å². The summed E-state index contributed by atoms with van der Waals surface area (Å²) in [6.07, 6.45) is 3.93. The lowest BCUT2D eigenvalue weighted by atomic mass is 9.96. The minimum Gasteiger partial charge on any atom is -0.478 e. The Kier molecular flexibility index (Phi) is 3.92. The van der Waals surface area contributed by atoms with E-state index < -0.39 is 5.97 Å². The van der Waals surface area contributed by atoms with Crippen LogP contribution in [0, 0.1) is 0 Å². The van der Waals surface area contributed by atoms with Crippen molar-refractivity contribution < 1.29 is 14.7 Å². The number of hydrogen-bond donors (Lipinski definition) is 2. The van der Waals surface area contributed by atoms with Gasteiger partial charge in [-0.1, -0.05) is 12.5 Å². The quantitative estimate of drug-likeness (QED) is 0.863. The van der Waals surface area contributed by atoms with Gasteiger partial charge in [-0.15, -0.1) is 0 Å². The maximum absolute atomic E-state index is 12.5. The number of piperidine rings is 1. The van der Waals surface area contributed by atoms with E-state index in [-0.39, 0.29) is 11.9 Å². The summed E-state index contributed by atoms with van der Waals surface area (Å²) in [5.41, 5.74) is 2.41. The van der Waals surface area contributed by atoms with Crippen LogP contribution in [0.5, 0.6) is 0 Å². The van der Waals surface area contributed by atoms with Crippen LogP contribution < -0.4 is 5.32 Å². The lowest BCUT2D eigenvalue weighted by Crippen LogP contribution is -2.49. The number of aromatic carboxylic acids is 1. The summed E-state index contributed by atoms with van der Waals surface area (Å²) in [5, 5.41) is 12.4. The lowest BCUT2D eigenvalue weighted by Gasteiger charge is -2.33. The zero-order chi connectivity index (χ0) is 14.8. The number of carboxylic acid groups (broad SMARTS) is 1. The predicted molar refractivity (Wildman–Crippen MR) is 78.2 cm³/mol. The minimum absolute atomic E-state index is 0.0667. The van der Waals surface area contributed by atoms with Gasteiger partial charge >= 0.3 is 5.97 Å². The summed E-state index contributed by atoms with van der Waals surface area (Å²) in [7, 11) is 0. The SMILES string of the molecule is O=C(O)c1ccc2c(c1)CN(C(=O)[C@H]1CCCCN1)CC2. The van der Waals surface area contributed by atoms with Gasteiger partial charge in [0.2, 0.25) is 5.91 Å². The third-order valence-corrected chi connectivity index (χ3v) is 4.39. The second-order valence-corrected chi connectivity index (χ2v) is 5.80. The van der Waals surface area contributed by atoms with Crippen LogP contribution in [0.15, 0.2) is 18.2 Å². The molecule has 0 unspecified atom stereocenters. The van der Waals surface area contributed by atoms with Crippen molar-refractivity contribution in [2.75, 3.05) is 13.1 Å². The molecule has 3 rings (SSSR count). The average molecular weight is 288 g/mol. The van der Waals surface area contributed by atoms with Gasteiger partial charge in [0.15, 0.2) is 0 Å². The second kappa shape index (κ2) is 5.85. The molecule has 5 heteroatoms. The smallest absolute Gasteiger partial charge is 0.335 e. The maximum Gasteiger partial charge on any atom is 0.335 e. The molecule has 1 aromatic carbocycles. The fraction of sp³-hybridized carbons (Fsp3) is 0.500. The van der Waals surface area contributed by atoms with Gasteiger partial charge in [0.05, 0.1) is 11.6 Å². The number of hydrogen-bond acceptors (Lipinski definition) is 3. The van der Waals surface area contributed by atoms with Gasteiger partial charge in [0.1, 0.15) is 0 Å². The van der Waals surface area contributed by atoms with E-state index in [0.717, 1.165) is 49.9 Å². The molecule has 0 radical (unpaired) electrons. The van der Waals surface area contributed by atoms with Crippen LogP contribution in [-0.2, 0) is 17.8 Å². The van der Waals surface area contributed by atoms with Crippen LogP contribution in [0.4, 0.5) is 0 Å².